The highest BCUT2D eigenvalue weighted by atomic mass is 19.1. The lowest BCUT2D eigenvalue weighted by molar-refractivity contribution is 0.0739. The van der Waals surface area contributed by atoms with Gasteiger partial charge in [0.1, 0.15) is 6.17 Å². The summed E-state index contributed by atoms with van der Waals surface area (Å²) in [5.41, 5.74) is 0.966. The molecule has 94 valence electrons. The van der Waals surface area contributed by atoms with E-state index in [1.54, 1.807) is 0 Å². The Morgan fingerprint density at radius 3 is 2.65 bits per heavy atom. The lowest BCUT2D eigenvalue weighted by atomic mass is 10.2. The Bertz CT molecular complexity index is 343. The van der Waals surface area contributed by atoms with Crippen molar-refractivity contribution in [2.24, 2.45) is 0 Å². The number of rotatable bonds is 6. The summed E-state index contributed by atoms with van der Waals surface area (Å²) in [6, 6.07) is 8.59. The van der Waals surface area contributed by atoms with Crippen LogP contribution in [-0.4, -0.2) is 30.0 Å². The Hall–Kier alpha value is -1.62. The fraction of sp³-hybridized carbons (Fsp3) is 0.417. The molecule has 1 rings (SSSR count). The molecule has 0 heterocycles. The molecular weight excluding hydrogens is 225 g/mol. The first-order valence-corrected chi connectivity index (χ1v) is 5.35. The highest BCUT2D eigenvalue weighted by Gasteiger charge is 2.18. The van der Waals surface area contributed by atoms with Gasteiger partial charge in [-0.2, -0.15) is 0 Å². The van der Waals surface area contributed by atoms with Crippen LogP contribution in [0.5, 0.6) is 0 Å². The van der Waals surface area contributed by atoms with Crippen LogP contribution in [0, 0.1) is 0 Å². The summed E-state index contributed by atoms with van der Waals surface area (Å²) in [4.78, 5) is 10.4. The van der Waals surface area contributed by atoms with Crippen LogP contribution in [0.3, 0.4) is 0 Å². The van der Waals surface area contributed by atoms with Gasteiger partial charge in [0.25, 0.3) is 0 Å². The van der Waals surface area contributed by atoms with E-state index in [2.05, 4.69) is 5.32 Å². The zero-order valence-corrected chi connectivity index (χ0v) is 9.60. The van der Waals surface area contributed by atoms with Gasteiger partial charge in [-0.05, 0) is 12.5 Å². The van der Waals surface area contributed by atoms with Crippen molar-refractivity contribution in [2.75, 3.05) is 6.61 Å². The van der Waals surface area contributed by atoms with Crippen LogP contribution in [-0.2, 0) is 11.3 Å². The quantitative estimate of drug-likeness (QED) is 0.802. The first-order chi connectivity index (χ1) is 8.09. The van der Waals surface area contributed by atoms with Gasteiger partial charge in [-0.1, -0.05) is 30.3 Å². The lowest BCUT2D eigenvalue weighted by Crippen LogP contribution is -2.43. The van der Waals surface area contributed by atoms with Crippen molar-refractivity contribution in [1.29, 1.82) is 0 Å². The van der Waals surface area contributed by atoms with Gasteiger partial charge in [0.15, 0.2) is 0 Å². The second-order valence-corrected chi connectivity index (χ2v) is 3.73. The average molecular weight is 241 g/mol. The monoisotopic (exact) mass is 241 g/mol. The molecule has 0 saturated heterocycles. The van der Waals surface area contributed by atoms with Gasteiger partial charge in [-0.3, -0.25) is 0 Å². The smallest absolute Gasteiger partial charge is 0.405 e. The van der Waals surface area contributed by atoms with Crippen LogP contribution >= 0.6 is 0 Å². The molecule has 2 atom stereocenters. The van der Waals surface area contributed by atoms with Gasteiger partial charge < -0.3 is 15.2 Å². The SMILES string of the molecule is CC(F)C(COCc1ccccc1)NC(=O)O. The Balaban J connectivity index is 2.35. The summed E-state index contributed by atoms with van der Waals surface area (Å²) in [6.45, 7) is 1.65. The number of ether oxygens (including phenoxy) is 1. The molecular formula is C12H16FNO3. The van der Waals surface area contributed by atoms with Crippen molar-refractivity contribution in [3.63, 3.8) is 0 Å². The molecule has 1 aromatic carbocycles. The van der Waals surface area contributed by atoms with E-state index in [-0.39, 0.29) is 6.61 Å². The zero-order chi connectivity index (χ0) is 12.7. The van der Waals surface area contributed by atoms with E-state index in [4.69, 9.17) is 9.84 Å². The zero-order valence-electron chi connectivity index (χ0n) is 9.60. The molecule has 0 bridgehead atoms. The van der Waals surface area contributed by atoms with E-state index in [1.807, 2.05) is 30.3 Å². The highest BCUT2D eigenvalue weighted by Crippen LogP contribution is 2.04. The predicted octanol–water partition coefficient (Wildman–Crippen LogP) is 2.20. The van der Waals surface area contributed by atoms with E-state index < -0.39 is 18.3 Å². The van der Waals surface area contributed by atoms with Gasteiger partial charge in [0.05, 0.1) is 19.3 Å². The van der Waals surface area contributed by atoms with Crippen molar-refractivity contribution in [3.8, 4) is 0 Å². The van der Waals surface area contributed by atoms with Crippen molar-refractivity contribution in [2.45, 2.75) is 25.7 Å². The molecule has 2 unspecified atom stereocenters. The largest absolute Gasteiger partial charge is 0.465 e. The Labute approximate surface area is 99.4 Å². The van der Waals surface area contributed by atoms with E-state index in [0.717, 1.165) is 5.56 Å². The van der Waals surface area contributed by atoms with Gasteiger partial charge in [0, 0.05) is 0 Å². The third-order valence-corrected chi connectivity index (χ3v) is 2.27. The number of carboxylic acid groups (broad SMARTS) is 1. The highest BCUT2D eigenvalue weighted by molar-refractivity contribution is 5.64. The van der Waals surface area contributed by atoms with Gasteiger partial charge >= 0.3 is 6.09 Å². The van der Waals surface area contributed by atoms with Crippen molar-refractivity contribution in [1.82, 2.24) is 5.32 Å². The number of alkyl halides is 1. The first kappa shape index (κ1) is 13.4. The third kappa shape index (κ3) is 5.31. The number of amides is 1. The standard InChI is InChI=1S/C12H16FNO3/c1-9(13)11(14-12(15)16)8-17-7-10-5-3-2-4-6-10/h2-6,9,11,14H,7-8H2,1H3,(H,15,16). The van der Waals surface area contributed by atoms with Crippen molar-refractivity contribution in [3.05, 3.63) is 35.9 Å². The summed E-state index contributed by atoms with van der Waals surface area (Å²) in [7, 11) is 0. The van der Waals surface area contributed by atoms with E-state index in [9.17, 15) is 9.18 Å². The normalized spacial score (nSPS) is 14.0. The van der Waals surface area contributed by atoms with Crippen LogP contribution in [0.15, 0.2) is 30.3 Å². The Kier molecular flexibility index (Phi) is 5.42. The van der Waals surface area contributed by atoms with Gasteiger partial charge in [-0.15, -0.1) is 0 Å². The average Bonchev–Trinajstić information content (AvgIpc) is 2.28. The number of nitrogens with one attached hydrogen (secondary N) is 1. The molecule has 0 aliphatic carbocycles. The number of hydrogen-bond donors (Lipinski definition) is 2. The number of benzene rings is 1. The molecule has 0 aliphatic rings. The van der Waals surface area contributed by atoms with Crippen LogP contribution in [0.4, 0.5) is 9.18 Å². The molecule has 0 aliphatic heterocycles. The van der Waals surface area contributed by atoms with Crippen LogP contribution in [0.2, 0.25) is 0 Å². The Morgan fingerprint density at radius 2 is 2.12 bits per heavy atom. The van der Waals surface area contributed by atoms with E-state index in [1.165, 1.54) is 6.92 Å². The molecule has 0 radical (unpaired) electrons. The number of carbonyl (C=O) groups is 1. The van der Waals surface area contributed by atoms with Crippen molar-refractivity contribution < 1.29 is 19.0 Å². The first-order valence-electron chi connectivity index (χ1n) is 5.35. The molecule has 0 spiro atoms. The molecule has 1 amide bonds. The van der Waals surface area contributed by atoms with Crippen LogP contribution in [0.1, 0.15) is 12.5 Å². The van der Waals surface area contributed by atoms with Crippen molar-refractivity contribution >= 4 is 6.09 Å². The maximum atomic E-state index is 13.0. The minimum absolute atomic E-state index is 0.0128. The summed E-state index contributed by atoms with van der Waals surface area (Å²) < 4.78 is 18.3. The fourth-order valence-electron chi connectivity index (χ4n) is 1.33. The molecule has 4 nitrogen and oxygen atoms in total. The van der Waals surface area contributed by atoms with Crippen LogP contribution < -0.4 is 5.32 Å². The maximum Gasteiger partial charge on any atom is 0.405 e. The number of halogens is 1. The molecule has 1 aromatic rings. The molecule has 5 heteroatoms. The summed E-state index contributed by atoms with van der Waals surface area (Å²) in [5.74, 6) is 0. The minimum Gasteiger partial charge on any atom is -0.465 e. The maximum absolute atomic E-state index is 13.0. The lowest BCUT2D eigenvalue weighted by Gasteiger charge is -2.18. The molecule has 0 fully saturated rings. The second kappa shape index (κ2) is 6.85. The molecule has 17 heavy (non-hydrogen) atoms. The summed E-state index contributed by atoms with van der Waals surface area (Å²) in [6.07, 6.45) is -2.54. The fourth-order valence-corrected chi connectivity index (χ4v) is 1.33. The van der Waals surface area contributed by atoms with Gasteiger partial charge in [0.2, 0.25) is 0 Å². The topological polar surface area (TPSA) is 58.6 Å². The van der Waals surface area contributed by atoms with E-state index >= 15 is 0 Å². The third-order valence-electron chi connectivity index (χ3n) is 2.27. The molecule has 2 N–H and O–H groups in total. The van der Waals surface area contributed by atoms with Crippen LogP contribution in [0.25, 0.3) is 0 Å². The Morgan fingerprint density at radius 1 is 1.47 bits per heavy atom. The summed E-state index contributed by atoms with van der Waals surface area (Å²) >= 11 is 0. The predicted molar refractivity (Wildman–Crippen MR) is 61.6 cm³/mol. The molecule has 0 saturated carbocycles. The summed E-state index contributed by atoms with van der Waals surface area (Å²) in [5, 5.41) is 10.6. The second-order valence-electron chi connectivity index (χ2n) is 3.73. The van der Waals surface area contributed by atoms with Gasteiger partial charge in [-0.25, -0.2) is 9.18 Å². The molecule has 0 aromatic heterocycles. The number of hydrogen-bond acceptors (Lipinski definition) is 2. The minimum atomic E-state index is -1.29. The van der Waals surface area contributed by atoms with E-state index in [0.29, 0.717) is 6.61 Å².